The molecule has 0 bridgehead atoms. The van der Waals surface area contributed by atoms with Crippen LogP contribution in [0.5, 0.6) is 5.75 Å². The second kappa shape index (κ2) is 7.71. The first-order valence-corrected chi connectivity index (χ1v) is 8.42. The molecule has 1 amide bonds. The zero-order valence-corrected chi connectivity index (χ0v) is 14.0. The Bertz CT molecular complexity index is 877. The SMILES string of the molecule is O=C(COc1ccccc1[N+](=O)[O-])NCCc1nc2ccccc2s1. The largest absolute Gasteiger partial charge is 0.477 e. The van der Waals surface area contributed by atoms with Crippen molar-refractivity contribution < 1.29 is 14.5 Å². The van der Waals surface area contributed by atoms with Gasteiger partial charge in [-0.15, -0.1) is 11.3 Å². The third-order valence-corrected chi connectivity index (χ3v) is 4.52. The fourth-order valence-corrected chi connectivity index (χ4v) is 3.23. The Morgan fingerprint density at radius 2 is 1.96 bits per heavy atom. The number of nitrogens with one attached hydrogen (secondary N) is 1. The van der Waals surface area contributed by atoms with Gasteiger partial charge in [0, 0.05) is 19.0 Å². The predicted molar refractivity (Wildman–Crippen MR) is 94.9 cm³/mol. The second-order valence-corrected chi connectivity index (χ2v) is 6.30. The van der Waals surface area contributed by atoms with Crippen LogP contribution in [0.4, 0.5) is 5.69 Å². The minimum Gasteiger partial charge on any atom is -0.477 e. The van der Waals surface area contributed by atoms with Gasteiger partial charge in [0.15, 0.2) is 12.4 Å². The summed E-state index contributed by atoms with van der Waals surface area (Å²) in [7, 11) is 0. The van der Waals surface area contributed by atoms with Gasteiger partial charge in [-0.05, 0) is 18.2 Å². The van der Waals surface area contributed by atoms with Crippen LogP contribution in [0.15, 0.2) is 48.5 Å². The third kappa shape index (κ3) is 4.30. The number of benzene rings is 2. The summed E-state index contributed by atoms with van der Waals surface area (Å²) in [6.45, 7) is 0.156. The Balaban J connectivity index is 1.48. The number of nitro benzene ring substituents is 1. The number of hydrogen-bond acceptors (Lipinski definition) is 6. The number of carbonyl (C=O) groups is 1. The van der Waals surface area contributed by atoms with Gasteiger partial charge in [-0.25, -0.2) is 4.98 Å². The third-order valence-electron chi connectivity index (χ3n) is 3.42. The monoisotopic (exact) mass is 357 g/mol. The molecular weight excluding hydrogens is 342 g/mol. The highest BCUT2D eigenvalue weighted by molar-refractivity contribution is 7.18. The molecule has 128 valence electrons. The van der Waals surface area contributed by atoms with Crippen molar-refractivity contribution in [1.82, 2.24) is 10.3 Å². The van der Waals surface area contributed by atoms with E-state index in [2.05, 4.69) is 10.3 Å². The summed E-state index contributed by atoms with van der Waals surface area (Å²) < 4.78 is 6.36. The molecule has 0 fully saturated rings. The maximum atomic E-state index is 11.8. The maximum Gasteiger partial charge on any atom is 0.310 e. The number of ether oxygens (including phenoxy) is 1. The topological polar surface area (TPSA) is 94.4 Å². The summed E-state index contributed by atoms with van der Waals surface area (Å²) in [4.78, 5) is 26.7. The summed E-state index contributed by atoms with van der Waals surface area (Å²) >= 11 is 1.60. The second-order valence-electron chi connectivity index (χ2n) is 5.19. The number of hydrogen-bond donors (Lipinski definition) is 1. The molecule has 0 aliphatic heterocycles. The Labute approximate surface area is 147 Å². The normalized spacial score (nSPS) is 10.6. The van der Waals surface area contributed by atoms with Gasteiger partial charge < -0.3 is 10.1 Å². The van der Waals surface area contributed by atoms with Gasteiger partial charge in [0.2, 0.25) is 0 Å². The molecule has 0 saturated heterocycles. The van der Waals surface area contributed by atoms with Crippen molar-refractivity contribution in [3.63, 3.8) is 0 Å². The van der Waals surface area contributed by atoms with Crippen LogP contribution in [-0.4, -0.2) is 29.0 Å². The minimum absolute atomic E-state index is 0.0776. The number of nitrogens with zero attached hydrogens (tertiary/aromatic N) is 2. The highest BCUT2D eigenvalue weighted by Gasteiger charge is 2.14. The number of thiazole rings is 1. The Morgan fingerprint density at radius 3 is 2.76 bits per heavy atom. The van der Waals surface area contributed by atoms with E-state index in [1.54, 1.807) is 23.5 Å². The standard InChI is InChI=1S/C17H15N3O4S/c21-16(11-24-14-7-3-2-6-13(14)20(22)23)18-10-9-17-19-12-5-1-4-8-15(12)25-17/h1-8H,9-11H2,(H,18,21). The van der Waals surface area contributed by atoms with Gasteiger partial charge in [-0.3, -0.25) is 14.9 Å². The van der Waals surface area contributed by atoms with E-state index in [0.717, 1.165) is 15.2 Å². The molecule has 0 spiro atoms. The lowest BCUT2D eigenvalue weighted by Gasteiger charge is -2.07. The van der Waals surface area contributed by atoms with Crippen LogP contribution >= 0.6 is 11.3 Å². The smallest absolute Gasteiger partial charge is 0.310 e. The molecule has 0 saturated carbocycles. The molecule has 0 aliphatic rings. The van der Waals surface area contributed by atoms with Gasteiger partial charge in [-0.1, -0.05) is 24.3 Å². The number of amides is 1. The molecule has 0 unspecified atom stereocenters. The van der Waals surface area contributed by atoms with Gasteiger partial charge >= 0.3 is 5.69 Å². The fraction of sp³-hybridized carbons (Fsp3) is 0.176. The minimum atomic E-state index is -0.541. The molecule has 7 nitrogen and oxygen atoms in total. The van der Waals surface area contributed by atoms with Crippen LogP contribution in [0, 0.1) is 10.1 Å². The quantitative estimate of drug-likeness (QED) is 0.518. The van der Waals surface area contributed by atoms with E-state index < -0.39 is 4.92 Å². The lowest BCUT2D eigenvalue weighted by atomic mass is 10.3. The van der Waals surface area contributed by atoms with Crippen molar-refractivity contribution >= 4 is 33.1 Å². The highest BCUT2D eigenvalue weighted by Crippen LogP contribution is 2.25. The van der Waals surface area contributed by atoms with E-state index in [0.29, 0.717) is 13.0 Å². The molecule has 2 aromatic carbocycles. The van der Waals surface area contributed by atoms with Crippen LogP contribution in [0.25, 0.3) is 10.2 Å². The van der Waals surface area contributed by atoms with Crippen molar-refractivity contribution in [1.29, 1.82) is 0 Å². The van der Waals surface area contributed by atoms with Crippen molar-refractivity contribution in [2.75, 3.05) is 13.2 Å². The first kappa shape index (κ1) is 16.8. The van der Waals surface area contributed by atoms with Gasteiger partial charge in [0.1, 0.15) is 0 Å². The van der Waals surface area contributed by atoms with Crippen LogP contribution in [0.1, 0.15) is 5.01 Å². The van der Waals surface area contributed by atoms with Gasteiger partial charge in [0.25, 0.3) is 5.91 Å². The number of rotatable bonds is 7. The molecule has 3 rings (SSSR count). The molecule has 1 N–H and O–H groups in total. The van der Waals surface area contributed by atoms with Crippen LogP contribution in [0.2, 0.25) is 0 Å². The average Bonchev–Trinajstić information content (AvgIpc) is 3.03. The van der Waals surface area contributed by atoms with Gasteiger partial charge in [0.05, 0.1) is 20.1 Å². The predicted octanol–water partition coefficient (Wildman–Crippen LogP) is 2.94. The molecule has 3 aromatic rings. The average molecular weight is 357 g/mol. The number of nitro groups is 1. The Kier molecular flexibility index (Phi) is 5.20. The van der Waals surface area contributed by atoms with Crippen LogP contribution < -0.4 is 10.1 Å². The van der Waals surface area contributed by atoms with Crippen molar-refractivity contribution in [2.24, 2.45) is 0 Å². The maximum absolute atomic E-state index is 11.8. The molecule has 0 aliphatic carbocycles. The summed E-state index contributed by atoms with van der Waals surface area (Å²) in [6, 6.07) is 13.8. The molecule has 0 radical (unpaired) electrons. The first-order chi connectivity index (χ1) is 12.1. The zero-order chi connectivity index (χ0) is 17.6. The van der Waals surface area contributed by atoms with E-state index in [1.165, 1.54) is 12.1 Å². The zero-order valence-electron chi connectivity index (χ0n) is 13.2. The summed E-state index contributed by atoms with van der Waals surface area (Å²) in [5, 5.41) is 14.6. The Hall–Kier alpha value is -3.00. The van der Waals surface area contributed by atoms with Crippen molar-refractivity contribution in [2.45, 2.75) is 6.42 Å². The summed E-state index contributed by atoms with van der Waals surface area (Å²) in [6.07, 6.45) is 0.622. The Morgan fingerprint density at radius 1 is 1.20 bits per heavy atom. The number of carbonyl (C=O) groups excluding carboxylic acids is 1. The molecule has 25 heavy (non-hydrogen) atoms. The van der Waals surface area contributed by atoms with E-state index in [-0.39, 0.29) is 24.0 Å². The van der Waals surface area contributed by atoms with E-state index in [4.69, 9.17) is 4.74 Å². The summed E-state index contributed by atoms with van der Waals surface area (Å²) in [5.74, 6) is -0.256. The van der Waals surface area contributed by atoms with E-state index >= 15 is 0 Å². The van der Waals surface area contributed by atoms with E-state index in [9.17, 15) is 14.9 Å². The first-order valence-electron chi connectivity index (χ1n) is 7.61. The molecule has 8 heteroatoms. The number of para-hydroxylation sites is 3. The summed E-state index contributed by atoms with van der Waals surface area (Å²) in [5.41, 5.74) is 0.790. The van der Waals surface area contributed by atoms with Gasteiger partial charge in [-0.2, -0.15) is 0 Å². The molecule has 1 heterocycles. The fourth-order valence-electron chi connectivity index (χ4n) is 2.26. The molecular formula is C17H15N3O4S. The van der Waals surface area contributed by atoms with Crippen LogP contribution in [-0.2, 0) is 11.2 Å². The number of fused-ring (bicyclic) bond motifs is 1. The number of aromatic nitrogens is 1. The van der Waals surface area contributed by atoms with Crippen LogP contribution in [0.3, 0.4) is 0 Å². The lowest BCUT2D eigenvalue weighted by molar-refractivity contribution is -0.385. The molecule has 0 atom stereocenters. The highest BCUT2D eigenvalue weighted by atomic mass is 32.1. The molecule has 1 aromatic heterocycles. The lowest BCUT2D eigenvalue weighted by Crippen LogP contribution is -2.30. The van der Waals surface area contributed by atoms with Crippen molar-refractivity contribution in [3.8, 4) is 5.75 Å². The van der Waals surface area contributed by atoms with E-state index in [1.807, 2.05) is 24.3 Å². The van der Waals surface area contributed by atoms with Crippen molar-refractivity contribution in [3.05, 3.63) is 63.7 Å².